The van der Waals surface area contributed by atoms with Gasteiger partial charge < -0.3 is 9.72 Å². The molecule has 8 nitrogen and oxygen atoms in total. The number of hydrogen-bond donors (Lipinski definition) is 1. The molecule has 0 saturated heterocycles. The molecule has 0 bridgehead atoms. The fraction of sp³-hybridized carbons (Fsp3) is 0.267. The van der Waals surface area contributed by atoms with E-state index in [2.05, 4.69) is 9.97 Å². The summed E-state index contributed by atoms with van der Waals surface area (Å²) < 4.78 is 5.28. The van der Waals surface area contributed by atoms with Gasteiger partial charge in [-0.25, -0.2) is 9.78 Å². The van der Waals surface area contributed by atoms with Crippen molar-refractivity contribution in [1.82, 2.24) is 9.97 Å². The highest BCUT2D eigenvalue weighted by atomic mass is 32.1. The van der Waals surface area contributed by atoms with Gasteiger partial charge >= 0.3 is 11.0 Å². The monoisotopic (exact) mass is 379 g/mol. The normalized spacial score (nSPS) is 12.3. The number of thiophene rings is 2. The number of carbonyl (C=O) groups is 1. The van der Waals surface area contributed by atoms with Gasteiger partial charge in [-0.05, 0) is 32.4 Å². The molecule has 130 valence electrons. The molecule has 3 aromatic rings. The zero-order valence-corrected chi connectivity index (χ0v) is 15.1. The maximum atomic E-state index is 12.3. The lowest BCUT2D eigenvalue weighted by atomic mass is 10.2. The van der Waals surface area contributed by atoms with Gasteiger partial charge in [0.15, 0.2) is 11.9 Å². The maximum Gasteiger partial charge on any atom is 0.349 e. The SMILES string of the molecule is Cc1sc2nc([C@H](C)OC(=O)c3ccc([N+](=O)[O-])s3)[nH]c(=O)c2c1C. The van der Waals surface area contributed by atoms with Crippen molar-refractivity contribution in [2.24, 2.45) is 0 Å². The standard InChI is InChI=1S/C15H13N3O5S2/c1-6-8(3)24-14-11(6)13(19)16-12(17-14)7(2)23-15(20)9-4-5-10(25-9)18(21)22/h4-5,7H,1-3H3,(H,16,17,19)/t7-/m0/s1. The van der Waals surface area contributed by atoms with E-state index in [1.165, 1.54) is 23.5 Å². The quantitative estimate of drug-likeness (QED) is 0.421. The van der Waals surface area contributed by atoms with Crippen molar-refractivity contribution in [3.63, 3.8) is 0 Å². The Bertz CT molecular complexity index is 1050. The second-order valence-electron chi connectivity index (χ2n) is 5.36. The molecule has 0 amide bonds. The van der Waals surface area contributed by atoms with E-state index in [1.807, 2.05) is 13.8 Å². The molecule has 0 aliphatic carbocycles. The van der Waals surface area contributed by atoms with E-state index in [-0.39, 0.29) is 21.3 Å². The second-order valence-corrected chi connectivity index (χ2v) is 7.62. The first kappa shape index (κ1) is 17.2. The van der Waals surface area contributed by atoms with E-state index in [4.69, 9.17) is 4.74 Å². The molecule has 25 heavy (non-hydrogen) atoms. The van der Waals surface area contributed by atoms with Crippen LogP contribution in [0.2, 0.25) is 0 Å². The molecule has 1 N–H and O–H groups in total. The van der Waals surface area contributed by atoms with Gasteiger partial charge in [-0.1, -0.05) is 11.3 Å². The highest BCUT2D eigenvalue weighted by molar-refractivity contribution is 7.18. The number of nitrogens with one attached hydrogen (secondary N) is 1. The molecule has 0 radical (unpaired) electrons. The third-order valence-electron chi connectivity index (χ3n) is 3.70. The van der Waals surface area contributed by atoms with Gasteiger partial charge in [0.2, 0.25) is 0 Å². The first-order valence-electron chi connectivity index (χ1n) is 7.23. The minimum absolute atomic E-state index is 0.116. The van der Waals surface area contributed by atoms with Gasteiger partial charge in [0, 0.05) is 10.9 Å². The molecular weight excluding hydrogens is 366 g/mol. The van der Waals surface area contributed by atoms with Crippen LogP contribution >= 0.6 is 22.7 Å². The van der Waals surface area contributed by atoms with Gasteiger partial charge in [-0.2, -0.15) is 0 Å². The average molecular weight is 379 g/mol. The highest BCUT2D eigenvalue weighted by Gasteiger charge is 2.21. The van der Waals surface area contributed by atoms with Crippen molar-refractivity contribution in [1.29, 1.82) is 0 Å². The summed E-state index contributed by atoms with van der Waals surface area (Å²) in [7, 11) is 0. The Balaban J connectivity index is 1.86. The highest BCUT2D eigenvalue weighted by Crippen LogP contribution is 2.28. The van der Waals surface area contributed by atoms with Gasteiger partial charge in [0.25, 0.3) is 5.56 Å². The minimum Gasteiger partial charge on any atom is -0.450 e. The molecule has 0 unspecified atom stereocenters. The Labute approximate surface area is 149 Å². The number of esters is 1. The molecule has 0 saturated carbocycles. The van der Waals surface area contributed by atoms with Gasteiger partial charge in [-0.15, -0.1) is 11.3 Å². The Morgan fingerprint density at radius 2 is 2.08 bits per heavy atom. The Kier molecular flexibility index (Phi) is 4.39. The van der Waals surface area contributed by atoms with Gasteiger partial charge in [0.1, 0.15) is 9.71 Å². The average Bonchev–Trinajstić information content (AvgIpc) is 3.13. The molecule has 0 fully saturated rings. The summed E-state index contributed by atoms with van der Waals surface area (Å²) in [5.74, 6) is -0.468. The van der Waals surface area contributed by atoms with E-state index in [0.717, 1.165) is 21.8 Å². The van der Waals surface area contributed by atoms with Crippen LogP contribution in [0.1, 0.15) is 39.0 Å². The summed E-state index contributed by atoms with van der Waals surface area (Å²) in [6.07, 6.45) is -0.798. The maximum absolute atomic E-state index is 12.3. The van der Waals surface area contributed by atoms with Crippen LogP contribution < -0.4 is 5.56 Å². The van der Waals surface area contributed by atoms with Crippen LogP contribution in [-0.2, 0) is 4.74 Å². The number of H-pyrrole nitrogens is 1. The van der Waals surface area contributed by atoms with E-state index in [1.54, 1.807) is 6.92 Å². The van der Waals surface area contributed by atoms with Crippen molar-refractivity contribution in [2.75, 3.05) is 0 Å². The molecule has 3 aromatic heterocycles. The minimum atomic E-state index is -0.798. The number of ether oxygens (including phenoxy) is 1. The van der Waals surface area contributed by atoms with Crippen molar-refractivity contribution in [3.05, 3.63) is 53.7 Å². The van der Waals surface area contributed by atoms with Crippen molar-refractivity contribution < 1.29 is 14.5 Å². The number of aryl methyl sites for hydroxylation is 2. The summed E-state index contributed by atoms with van der Waals surface area (Å²) in [5.41, 5.74) is 0.604. The van der Waals surface area contributed by atoms with Crippen LogP contribution in [-0.4, -0.2) is 20.9 Å². The third kappa shape index (κ3) is 3.17. The summed E-state index contributed by atoms with van der Waals surface area (Å²) in [6, 6.07) is 2.58. The lowest BCUT2D eigenvalue weighted by Gasteiger charge is -2.11. The van der Waals surface area contributed by atoms with E-state index < -0.39 is 17.0 Å². The molecule has 3 heterocycles. The Morgan fingerprint density at radius 3 is 2.72 bits per heavy atom. The molecule has 1 atom stereocenters. The number of nitro groups is 1. The molecule has 3 rings (SSSR count). The number of nitrogens with zero attached hydrogens (tertiary/aromatic N) is 2. The predicted octanol–water partition coefficient (Wildman–Crippen LogP) is 3.49. The van der Waals surface area contributed by atoms with Crippen molar-refractivity contribution in [2.45, 2.75) is 26.9 Å². The number of aromatic amines is 1. The summed E-state index contributed by atoms with van der Waals surface area (Å²) in [5, 5.41) is 11.1. The van der Waals surface area contributed by atoms with Crippen molar-refractivity contribution in [3.8, 4) is 0 Å². The summed E-state index contributed by atoms with van der Waals surface area (Å²) in [4.78, 5) is 43.2. The summed E-state index contributed by atoms with van der Waals surface area (Å²) in [6.45, 7) is 5.35. The largest absolute Gasteiger partial charge is 0.450 e. The molecule has 0 aliphatic heterocycles. The molecule has 0 aliphatic rings. The predicted molar refractivity (Wildman–Crippen MR) is 94.5 cm³/mol. The van der Waals surface area contributed by atoms with E-state index >= 15 is 0 Å². The third-order valence-corrected chi connectivity index (χ3v) is 5.82. The van der Waals surface area contributed by atoms with Crippen LogP contribution in [0.5, 0.6) is 0 Å². The lowest BCUT2D eigenvalue weighted by molar-refractivity contribution is -0.380. The first-order valence-corrected chi connectivity index (χ1v) is 8.86. The second kappa shape index (κ2) is 6.37. The van der Waals surface area contributed by atoms with Crippen LogP contribution in [0.3, 0.4) is 0 Å². The Morgan fingerprint density at radius 1 is 1.36 bits per heavy atom. The van der Waals surface area contributed by atoms with Crippen LogP contribution in [0.15, 0.2) is 16.9 Å². The summed E-state index contributed by atoms with van der Waals surface area (Å²) >= 11 is 2.14. The zero-order valence-electron chi connectivity index (χ0n) is 13.5. The van der Waals surface area contributed by atoms with E-state index in [9.17, 15) is 19.7 Å². The molecular formula is C15H13N3O5S2. The fourth-order valence-electron chi connectivity index (χ4n) is 2.27. The number of hydrogen-bond acceptors (Lipinski definition) is 8. The molecule has 0 aromatic carbocycles. The lowest BCUT2D eigenvalue weighted by Crippen LogP contribution is -2.16. The number of carbonyl (C=O) groups excluding carboxylic acids is 1. The topological polar surface area (TPSA) is 115 Å². The molecule has 10 heteroatoms. The van der Waals surface area contributed by atoms with Gasteiger partial charge in [0.05, 0.1) is 10.3 Å². The zero-order chi connectivity index (χ0) is 18.3. The smallest absolute Gasteiger partial charge is 0.349 e. The van der Waals surface area contributed by atoms with Crippen LogP contribution in [0.25, 0.3) is 10.2 Å². The number of aromatic nitrogens is 2. The number of rotatable bonds is 4. The molecule has 0 spiro atoms. The van der Waals surface area contributed by atoms with E-state index in [0.29, 0.717) is 10.2 Å². The fourth-order valence-corrected chi connectivity index (χ4v) is 4.01. The first-order chi connectivity index (χ1) is 11.8. The van der Waals surface area contributed by atoms with Gasteiger partial charge in [-0.3, -0.25) is 14.9 Å². The number of fused-ring (bicyclic) bond motifs is 1. The van der Waals surface area contributed by atoms with Crippen LogP contribution in [0, 0.1) is 24.0 Å². The Hall–Kier alpha value is -2.59. The van der Waals surface area contributed by atoms with Crippen LogP contribution in [0.4, 0.5) is 5.00 Å². The van der Waals surface area contributed by atoms with Crippen molar-refractivity contribution >= 4 is 43.9 Å².